The number of furan rings is 2. The summed E-state index contributed by atoms with van der Waals surface area (Å²) < 4.78 is 12.7. The fourth-order valence-corrected chi connectivity index (χ4v) is 2.92. The highest BCUT2D eigenvalue weighted by Crippen LogP contribution is 2.23. The Morgan fingerprint density at radius 2 is 1.93 bits per heavy atom. The summed E-state index contributed by atoms with van der Waals surface area (Å²) in [6.45, 7) is 2.26. The first kappa shape index (κ1) is 16.9. The molecule has 6 heteroatoms. The lowest BCUT2D eigenvalue weighted by Crippen LogP contribution is -2.28. The number of aromatic nitrogens is 2. The molecule has 3 aromatic heterocycles. The zero-order valence-electron chi connectivity index (χ0n) is 15.1. The minimum Gasteiger partial charge on any atom is -0.464 e. The van der Waals surface area contributed by atoms with Crippen LogP contribution in [0.2, 0.25) is 0 Å². The third-order valence-electron chi connectivity index (χ3n) is 4.24. The lowest BCUT2D eigenvalue weighted by atomic mass is 10.2. The van der Waals surface area contributed by atoms with Crippen molar-refractivity contribution >= 4 is 5.91 Å². The van der Waals surface area contributed by atoms with Crippen molar-refractivity contribution in [3.8, 4) is 17.1 Å². The Morgan fingerprint density at radius 3 is 2.59 bits per heavy atom. The molecule has 0 bridgehead atoms. The molecule has 136 valence electrons. The van der Waals surface area contributed by atoms with Gasteiger partial charge in [-0.2, -0.15) is 5.10 Å². The van der Waals surface area contributed by atoms with Crippen molar-refractivity contribution in [3.63, 3.8) is 0 Å². The van der Waals surface area contributed by atoms with Gasteiger partial charge in [-0.1, -0.05) is 18.2 Å². The summed E-state index contributed by atoms with van der Waals surface area (Å²) in [5.74, 6) is 2.02. The molecular formula is C21H19N3O3. The number of amides is 1. The Labute approximate surface area is 156 Å². The normalized spacial score (nSPS) is 10.9. The molecule has 1 aromatic carbocycles. The second kappa shape index (κ2) is 6.99. The van der Waals surface area contributed by atoms with Gasteiger partial charge in [0.05, 0.1) is 18.5 Å². The van der Waals surface area contributed by atoms with E-state index < -0.39 is 0 Å². The largest absolute Gasteiger partial charge is 0.464 e. The van der Waals surface area contributed by atoms with E-state index in [0.29, 0.717) is 23.7 Å². The molecule has 4 aromatic rings. The smallest absolute Gasteiger partial charge is 0.272 e. The van der Waals surface area contributed by atoms with Crippen LogP contribution >= 0.6 is 0 Å². The van der Waals surface area contributed by atoms with Gasteiger partial charge in [0.25, 0.3) is 5.91 Å². The van der Waals surface area contributed by atoms with E-state index in [1.807, 2.05) is 55.5 Å². The van der Waals surface area contributed by atoms with Crippen LogP contribution in [0.1, 0.15) is 22.0 Å². The Balaban J connectivity index is 1.70. The minimum absolute atomic E-state index is 0.154. The van der Waals surface area contributed by atoms with Crippen LogP contribution in [0.3, 0.4) is 0 Å². The van der Waals surface area contributed by atoms with Gasteiger partial charge in [0.1, 0.15) is 22.9 Å². The number of benzene rings is 1. The fraction of sp³-hybridized carbons (Fsp3) is 0.143. The molecule has 0 saturated carbocycles. The van der Waals surface area contributed by atoms with Crippen LogP contribution in [0.4, 0.5) is 0 Å². The first-order valence-corrected chi connectivity index (χ1v) is 8.62. The lowest BCUT2D eigenvalue weighted by Gasteiger charge is -2.16. The molecule has 0 aliphatic heterocycles. The fourth-order valence-electron chi connectivity index (χ4n) is 2.92. The van der Waals surface area contributed by atoms with Gasteiger partial charge in [0, 0.05) is 13.1 Å². The monoisotopic (exact) mass is 361 g/mol. The molecule has 4 rings (SSSR count). The second-order valence-corrected chi connectivity index (χ2v) is 6.31. The molecule has 0 radical (unpaired) electrons. The first-order valence-electron chi connectivity index (χ1n) is 8.62. The number of hydrogen-bond acceptors (Lipinski definition) is 4. The van der Waals surface area contributed by atoms with Gasteiger partial charge < -0.3 is 13.7 Å². The van der Waals surface area contributed by atoms with Crippen molar-refractivity contribution in [3.05, 3.63) is 84.1 Å². The average Bonchev–Trinajstić information content (AvgIpc) is 3.42. The highest BCUT2D eigenvalue weighted by molar-refractivity contribution is 5.94. The SMILES string of the molecule is Cc1ccc(CN(C)C(=O)c2cc(-c3ccco3)nn2-c2ccccc2)o1. The summed E-state index contributed by atoms with van der Waals surface area (Å²) in [7, 11) is 1.75. The van der Waals surface area contributed by atoms with Crippen molar-refractivity contribution < 1.29 is 13.6 Å². The summed E-state index contributed by atoms with van der Waals surface area (Å²) in [5.41, 5.74) is 1.87. The number of hydrogen-bond donors (Lipinski definition) is 0. The van der Waals surface area contributed by atoms with Gasteiger partial charge >= 0.3 is 0 Å². The maximum absolute atomic E-state index is 13.1. The van der Waals surface area contributed by atoms with Crippen LogP contribution < -0.4 is 0 Å². The number of nitrogens with zero attached hydrogens (tertiary/aromatic N) is 3. The predicted octanol–water partition coefficient (Wildman–Crippen LogP) is 4.31. The highest BCUT2D eigenvalue weighted by atomic mass is 16.3. The van der Waals surface area contributed by atoms with Gasteiger partial charge in [-0.25, -0.2) is 4.68 Å². The van der Waals surface area contributed by atoms with E-state index >= 15 is 0 Å². The number of para-hydroxylation sites is 1. The van der Waals surface area contributed by atoms with Crippen LogP contribution in [0.5, 0.6) is 0 Å². The predicted molar refractivity (Wildman–Crippen MR) is 101 cm³/mol. The molecule has 0 aliphatic carbocycles. The standard InChI is InChI=1S/C21H19N3O3/c1-15-10-11-17(27-15)14-23(2)21(25)19-13-18(20-9-6-12-26-20)22-24(19)16-7-4-3-5-8-16/h3-13H,14H2,1-2H3. The molecule has 1 amide bonds. The quantitative estimate of drug-likeness (QED) is 0.531. The number of aryl methyl sites for hydroxylation is 1. The molecule has 27 heavy (non-hydrogen) atoms. The molecule has 0 fully saturated rings. The first-order chi connectivity index (χ1) is 13.1. The summed E-state index contributed by atoms with van der Waals surface area (Å²) in [6.07, 6.45) is 1.59. The molecule has 0 N–H and O–H groups in total. The maximum Gasteiger partial charge on any atom is 0.272 e. The van der Waals surface area contributed by atoms with E-state index in [1.165, 1.54) is 0 Å². The second-order valence-electron chi connectivity index (χ2n) is 6.31. The number of carbonyl (C=O) groups excluding carboxylic acids is 1. The van der Waals surface area contributed by atoms with Gasteiger partial charge in [-0.15, -0.1) is 0 Å². The summed E-state index contributed by atoms with van der Waals surface area (Å²) >= 11 is 0. The molecule has 6 nitrogen and oxygen atoms in total. The Hall–Kier alpha value is -3.54. The van der Waals surface area contributed by atoms with Gasteiger partial charge in [-0.05, 0) is 43.3 Å². The number of rotatable bonds is 5. The van der Waals surface area contributed by atoms with Gasteiger partial charge in [0.2, 0.25) is 0 Å². The van der Waals surface area contributed by atoms with Crippen molar-refractivity contribution in [2.75, 3.05) is 7.05 Å². The van der Waals surface area contributed by atoms with Crippen LogP contribution in [-0.2, 0) is 6.54 Å². The van der Waals surface area contributed by atoms with Crippen molar-refractivity contribution in [2.24, 2.45) is 0 Å². The van der Waals surface area contributed by atoms with Crippen LogP contribution in [-0.4, -0.2) is 27.6 Å². The van der Waals surface area contributed by atoms with Crippen molar-refractivity contribution in [2.45, 2.75) is 13.5 Å². The summed E-state index contributed by atoms with van der Waals surface area (Å²) in [4.78, 5) is 14.7. The van der Waals surface area contributed by atoms with Crippen LogP contribution in [0.15, 0.2) is 75.8 Å². The van der Waals surface area contributed by atoms with E-state index in [-0.39, 0.29) is 5.91 Å². The van der Waals surface area contributed by atoms with E-state index in [2.05, 4.69) is 5.10 Å². The molecule has 0 spiro atoms. The summed E-state index contributed by atoms with van der Waals surface area (Å²) in [6, 6.07) is 18.7. The zero-order chi connectivity index (χ0) is 18.8. The van der Waals surface area contributed by atoms with Gasteiger partial charge in [-0.3, -0.25) is 4.79 Å². The van der Waals surface area contributed by atoms with E-state index in [9.17, 15) is 4.79 Å². The summed E-state index contributed by atoms with van der Waals surface area (Å²) in [5, 5.41) is 4.59. The van der Waals surface area contributed by atoms with E-state index in [4.69, 9.17) is 8.83 Å². The van der Waals surface area contributed by atoms with E-state index in [1.54, 1.807) is 35.0 Å². The molecule has 0 unspecified atom stereocenters. The van der Waals surface area contributed by atoms with Crippen molar-refractivity contribution in [1.29, 1.82) is 0 Å². The van der Waals surface area contributed by atoms with E-state index in [0.717, 1.165) is 17.2 Å². The van der Waals surface area contributed by atoms with Crippen LogP contribution in [0, 0.1) is 6.92 Å². The lowest BCUT2D eigenvalue weighted by molar-refractivity contribution is 0.0766. The van der Waals surface area contributed by atoms with Gasteiger partial charge in [0.15, 0.2) is 5.76 Å². The molecule has 3 heterocycles. The third-order valence-corrected chi connectivity index (χ3v) is 4.24. The van der Waals surface area contributed by atoms with Crippen molar-refractivity contribution in [1.82, 2.24) is 14.7 Å². The third kappa shape index (κ3) is 3.42. The van der Waals surface area contributed by atoms with Crippen LogP contribution in [0.25, 0.3) is 17.1 Å². The highest BCUT2D eigenvalue weighted by Gasteiger charge is 2.22. The molecule has 0 saturated heterocycles. The Morgan fingerprint density at radius 1 is 1.11 bits per heavy atom. The topological polar surface area (TPSA) is 64.4 Å². The molecular weight excluding hydrogens is 342 g/mol. The molecule has 0 aliphatic rings. The number of carbonyl (C=O) groups is 1. The minimum atomic E-state index is -0.154. The Kier molecular flexibility index (Phi) is 4.38. The molecule has 0 atom stereocenters. The Bertz CT molecular complexity index is 1050. The average molecular weight is 361 g/mol. The zero-order valence-corrected chi connectivity index (χ0v) is 15.1. The maximum atomic E-state index is 13.1.